The fraction of sp³-hybridized carbons (Fsp3) is 0.207. The van der Waals surface area contributed by atoms with Crippen LogP contribution in [0.5, 0.6) is 11.6 Å². The SMILES string of the molecule is COc1cc(-c2nccc(-c3cccc4c3CCC4Nc3nc(OC)c(C=O)nc3C(F)(F)F)c2Cl)ccc1C=O. The van der Waals surface area contributed by atoms with Crippen molar-refractivity contribution < 1.29 is 32.2 Å². The van der Waals surface area contributed by atoms with Crippen molar-refractivity contribution in [3.63, 3.8) is 0 Å². The normalized spacial score (nSPS) is 14.3. The number of carbonyl (C=O) groups excluding carboxylic acids is 2. The maximum atomic E-state index is 13.8. The first kappa shape index (κ1) is 28.0. The number of methoxy groups -OCH3 is 2. The van der Waals surface area contributed by atoms with Gasteiger partial charge in [-0.25, -0.2) is 4.98 Å². The van der Waals surface area contributed by atoms with Crippen molar-refractivity contribution >= 4 is 30.0 Å². The van der Waals surface area contributed by atoms with Crippen molar-refractivity contribution in [1.29, 1.82) is 0 Å². The average Bonchev–Trinajstić information content (AvgIpc) is 3.39. The Labute approximate surface area is 237 Å². The average molecular weight is 583 g/mol. The number of nitrogens with zero attached hydrogens (tertiary/aromatic N) is 3. The van der Waals surface area contributed by atoms with E-state index < -0.39 is 29.4 Å². The Morgan fingerprint density at radius 3 is 2.51 bits per heavy atom. The molecular weight excluding hydrogens is 561 g/mol. The van der Waals surface area contributed by atoms with Gasteiger partial charge < -0.3 is 14.8 Å². The second-order valence-corrected chi connectivity index (χ2v) is 9.51. The predicted molar refractivity (Wildman–Crippen MR) is 146 cm³/mol. The van der Waals surface area contributed by atoms with Crippen LogP contribution in [0.15, 0.2) is 48.7 Å². The zero-order chi connectivity index (χ0) is 29.3. The van der Waals surface area contributed by atoms with Crippen molar-refractivity contribution in [3.8, 4) is 34.0 Å². The van der Waals surface area contributed by atoms with Crippen LogP contribution in [-0.2, 0) is 12.6 Å². The Balaban J connectivity index is 1.54. The molecule has 210 valence electrons. The van der Waals surface area contributed by atoms with Gasteiger partial charge in [0, 0.05) is 17.3 Å². The van der Waals surface area contributed by atoms with E-state index in [9.17, 15) is 22.8 Å². The lowest BCUT2D eigenvalue weighted by atomic mass is 9.95. The number of aldehydes is 2. The summed E-state index contributed by atoms with van der Waals surface area (Å²) in [6.45, 7) is 0. The van der Waals surface area contributed by atoms with Crippen molar-refractivity contribution in [2.75, 3.05) is 19.5 Å². The Kier molecular flexibility index (Phi) is 7.63. The summed E-state index contributed by atoms with van der Waals surface area (Å²) < 4.78 is 51.8. The van der Waals surface area contributed by atoms with Crippen molar-refractivity contribution in [2.24, 2.45) is 0 Å². The van der Waals surface area contributed by atoms with E-state index in [2.05, 4.69) is 20.3 Å². The number of alkyl halides is 3. The van der Waals surface area contributed by atoms with E-state index in [1.165, 1.54) is 14.2 Å². The number of hydrogen-bond donors (Lipinski definition) is 1. The summed E-state index contributed by atoms with van der Waals surface area (Å²) in [6, 6.07) is 11.8. The Morgan fingerprint density at radius 1 is 1.02 bits per heavy atom. The molecule has 0 spiro atoms. The predicted octanol–water partition coefficient (Wildman–Crippen LogP) is 6.62. The molecule has 0 saturated heterocycles. The van der Waals surface area contributed by atoms with Crippen molar-refractivity contribution in [1.82, 2.24) is 15.0 Å². The molecule has 4 aromatic rings. The number of pyridine rings is 1. The molecule has 12 heteroatoms. The van der Waals surface area contributed by atoms with Gasteiger partial charge >= 0.3 is 6.18 Å². The topological polar surface area (TPSA) is 103 Å². The highest BCUT2D eigenvalue weighted by Crippen LogP contribution is 2.44. The van der Waals surface area contributed by atoms with Crippen LogP contribution in [0.1, 0.15) is 50.1 Å². The lowest BCUT2D eigenvalue weighted by molar-refractivity contribution is -0.140. The molecule has 8 nitrogen and oxygen atoms in total. The quantitative estimate of drug-likeness (QED) is 0.231. The van der Waals surface area contributed by atoms with Crippen LogP contribution in [-0.4, -0.2) is 41.7 Å². The number of fused-ring (bicyclic) bond motifs is 1. The van der Waals surface area contributed by atoms with Gasteiger partial charge in [-0.05, 0) is 47.7 Å². The highest BCUT2D eigenvalue weighted by atomic mass is 35.5. The largest absolute Gasteiger partial charge is 0.496 e. The molecule has 1 aliphatic carbocycles. The second kappa shape index (κ2) is 11.2. The third kappa shape index (κ3) is 5.20. The van der Waals surface area contributed by atoms with Gasteiger partial charge in [-0.2, -0.15) is 18.2 Å². The Hall–Kier alpha value is -4.51. The maximum absolute atomic E-state index is 13.8. The van der Waals surface area contributed by atoms with E-state index in [0.29, 0.717) is 52.3 Å². The van der Waals surface area contributed by atoms with Crippen LogP contribution in [0.3, 0.4) is 0 Å². The molecule has 1 aliphatic rings. The van der Waals surface area contributed by atoms with E-state index in [4.69, 9.17) is 21.1 Å². The van der Waals surface area contributed by atoms with Crippen LogP contribution in [0.2, 0.25) is 5.02 Å². The second-order valence-electron chi connectivity index (χ2n) is 9.14. The highest BCUT2D eigenvalue weighted by Gasteiger charge is 2.39. The zero-order valence-corrected chi connectivity index (χ0v) is 22.5. The summed E-state index contributed by atoms with van der Waals surface area (Å²) in [5.74, 6) is -0.453. The Bertz CT molecular complexity index is 1660. The lowest BCUT2D eigenvalue weighted by Gasteiger charge is -2.20. The van der Waals surface area contributed by atoms with Gasteiger partial charge in [0.1, 0.15) is 5.75 Å². The molecule has 0 amide bonds. The molecule has 0 saturated carbocycles. The molecule has 2 aromatic carbocycles. The number of aromatic nitrogens is 3. The van der Waals surface area contributed by atoms with Gasteiger partial charge in [0.05, 0.1) is 36.5 Å². The summed E-state index contributed by atoms with van der Waals surface area (Å²) in [6.07, 6.45) is -1.34. The van der Waals surface area contributed by atoms with E-state index >= 15 is 0 Å². The summed E-state index contributed by atoms with van der Waals surface area (Å²) >= 11 is 6.87. The molecule has 1 atom stereocenters. The molecular formula is C29H22ClF3N4O4. The molecule has 0 radical (unpaired) electrons. The van der Waals surface area contributed by atoms with E-state index in [1.807, 2.05) is 12.1 Å². The van der Waals surface area contributed by atoms with Gasteiger partial charge in [-0.15, -0.1) is 0 Å². The monoisotopic (exact) mass is 582 g/mol. The number of halogens is 4. The zero-order valence-electron chi connectivity index (χ0n) is 21.8. The molecule has 1 N–H and O–H groups in total. The number of ether oxygens (including phenoxy) is 2. The highest BCUT2D eigenvalue weighted by molar-refractivity contribution is 6.35. The molecule has 2 heterocycles. The number of benzene rings is 2. The standard InChI is InChI=1S/C29H22ClF3N4O4/c1-40-23-12-15(6-7-16(23)13-38)25-24(30)20(10-11-34-25)17-4-3-5-19-18(17)8-9-21(19)36-27-26(29(31,32)33)35-22(14-39)28(37-27)41-2/h3-7,10-14,21H,8-9H2,1-2H3,(H,36,37). The van der Waals surface area contributed by atoms with Gasteiger partial charge in [-0.1, -0.05) is 35.9 Å². The van der Waals surface area contributed by atoms with Crippen molar-refractivity contribution in [2.45, 2.75) is 25.1 Å². The summed E-state index contributed by atoms with van der Waals surface area (Å²) in [4.78, 5) is 34.4. The molecule has 1 unspecified atom stereocenters. The number of rotatable bonds is 8. The summed E-state index contributed by atoms with van der Waals surface area (Å²) in [5, 5.41) is 3.25. The molecule has 0 aliphatic heterocycles. The first-order valence-electron chi connectivity index (χ1n) is 12.3. The molecule has 41 heavy (non-hydrogen) atoms. The van der Waals surface area contributed by atoms with Crippen molar-refractivity contribution in [3.05, 3.63) is 81.8 Å². The smallest absolute Gasteiger partial charge is 0.437 e. The van der Waals surface area contributed by atoms with Crippen LogP contribution < -0.4 is 14.8 Å². The minimum absolute atomic E-state index is 0.168. The van der Waals surface area contributed by atoms with Gasteiger partial charge in [0.15, 0.2) is 29.8 Å². The minimum Gasteiger partial charge on any atom is -0.496 e. The molecule has 0 bridgehead atoms. The first-order chi connectivity index (χ1) is 19.7. The van der Waals surface area contributed by atoms with E-state index in [1.54, 1.807) is 36.5 Å². The minimum atomic E-state index is -4.85. The van der Waals surface area contributed by atoms with E-state index in [0.717, 1.165) is 16.7 Å². The first-order valence-corrected chi connectivity index (χ1v) is 12.7. The summed E-state index contributed by atoms with van der Waals surface area (Å²) in [5.41, 5.74) is 2.88. The number of nitrogens with one attached hydrogen (secondary N) is 1. The van der Waals surface area contributed by atoms with Gasteiger partial charge in [0.25, 0.3) is 0 Å². The molecule has 5 rings (SSSR count). The summed E-state index contributed by atoms with van der Waals surface area (Å²) in [7, 11) is 2.66. The van der Waals surface area contributed by atoms with Crippen LogP contribution in [0.4, 0.5) is 19.0 Å². The molecule has 2 aromatic heterocycles. The van der Waals surface area contributed by atoms with Crippen LogP contribution >= 0.6 is 11.6 Å². The van der Waals surface area contributed by atoms with Gasteiger partial charge in [0.2, 0.25) is 5.88 Å². The third-order valence-corrected chi connectivity index (χ3v) is 7.24. The number of hydrogen-bond acceptors (Lipinski definition) is 8. The third-order valence-electron chi connectivity index (χ3n) is 6.86. The number of carbonyl (C=O) groups is 2. The maximum Gasteiger partial charge on any atom is 0.437 e. The van der Waals surface area contributed by atoms with Gasteiger partial charge in [-0.3, -0.25) is 14.6 Å². The van der Waals surface area contributed by atoms with Crippen LogP contribution in [0.25, 0.3) is 22.4 Å². The molecule has 0 fully saturated rings. The van der Waals surface area contributed by atoms with E-state index in [-0.39, 0.29) is 12.2 Å². The van der Waals surface area contributed by atoms with Crippen LogP contribution in [0, 0.1) is 0 Å². The Morgan fingerprint density at radius 2 is 1.83 bits per heavy atom. The number of anilines is 1. The fourth-order valence-electron chi connectivity index (χ4n) is 4.99. The lowest BCUT2D eigenvalue weighted by Crippen LogP contribution is -2.19. The fourth-order valence-corrected chi connectivity index (χ4v) is 5.31.